The average Bonchev–Trinajstić information content (AvgIpc) is 3.58. The zero-order valence-corrected chi connectivity index (χ0v) is 18.3. The standard InChI is InChI=1S/C25H24N2O6/c1-13-17(28)12-16(18-7-4-10-32-18)27-22(13)25-9-8-19(33-25)20(21(25)24(27)30)23(29)26-14-5-3-6-15(11-14)31-2/h3-11,13,16,19-22H,12H2,1-2H3,(H,26,29)/t13-,16+,19+,20-,21+,22+,25+/m1/s1. The van der Waals surface area contributed by atoms with Crippen LogP contribution in [0.15, 0.2) is 59.2 Å². The highest BCUT2D eigenvalue weighted by Crippen LogP contribution is 2.60. The first-order chi connectivity index (χ1) is 15.9. The van der Waals surface area contributed by atoms with Gasteiger partial charge in [0.2, 0.25) is 11.8 Å². The van der Waals surface area contributed by atoms with Crippen molar-refractivity contribution in [1.82, 2.24) is 4.90 Å². The van der Waals surface area contributed by atoms with E-state index in [2.05, 4.69) is 5.32 Å². The summed E-state index contributed by atoms with van der Waals surface area (Å²) in [6, 6.07) is 9.62. The number of methoxy groups -OCH3 is 1. The van der Waals surface area contributed by atoms with Gasteiger partial charge in [-0.3, -0.25) is 14.4 Å². The Hall–Kier alpha value is -3.39. The number of benzene rings is 1. The van der Waals surface area contributed by atoms with E-state index in [0.717, 1.165) is 0 Å². The second-order valence-corrected chi connectivity index (χ2v) is 9.20. The minimum Gasteiger partial charge on any atom is -0.497 e. The zero-order chi connectivity index (χ0) is 22.9. The van der Waals surface area contributed by atoms with Gasteiger partial charge in [0.1, 0.15) is 22.9 Å². The van der Waals surface area contributed by atoms with E-state index in [-0.39, 0.29) is 24.0 Å². The van der Waals surface area contributed by atoms with E-state index in [4.69, 9.17) is 13.9 Å². The molecule has 5 heterocycles. The Balaban J connectivity index is 1.37. The quantitative estimate of drug-likeness (QED) is 0.723. The molecule has 1 N–H and O–H groups in total. The Bertz CT molecular complexity index is 1170. The van der Waals surface area contributed by atoms with Gasteiger partial charge in [0.05, 0.1) is 43.4 Å². The summed E-state index contributed by atoms with van der Waals surface area (Å²) in [4.78, 5) is 42.0. The lowest BCUT2D eigenvalue weighted by molar-refractivity contribution is -0.147. The number of carbonyl (C=O) groups is 3. The minimum atomic E-state index is -1.00. The number of anilines is 1. The number of piperidine rings is 1. The Morgan fingerprint density at radius 1 is 1.24 bits per heavy atom. The molecule has 0 saturated carbocycles. The molecule has 3 fully saturated rings. The van der Waals surface area contributed by atoms with Crippen molar-refractivity contribution in [2.45, 2.75) is 37.1 Å². The third-order valence-corrected chi connectivity index (χ3v) is 7.59. The SMILES string of the molecule is COc1cccc(NC(=O)[C@@H]2[C@@H]3C=C[C@]4(O3)[C@@H]2C(=O)N2[C@H]4[C@H](C)C(=O)C[C@H]2c2ccco2)c1. The molecule has 0 unspecified atom stereocenters. The van der Waals surface area contributed by atoms with Gasteiger partial charge >= 0.3 is 0 Å². The van der Waals surface area contributed by atoms with Crippen molar-refractivity contribution in [3.05, 3.63) is 60.6 Å². The van der Waals surface area contributed by atoms with Crippen molar-refractivity contribution >= 4 is 23.3 Å². The van der Waals surface area contributed by atoms with Crippen LogP contribution in [0.25, 0.3) is 0 Å². The molecule has 0 aliphatic carbocycles. The van der Waals surface area contributed by atoms with Gasteiger partial charge in [-0.25, -0.2) is 0 Å². The molecule has 2 bridgehead atoms. The number of fused-ring (bicyclic) bond motifs is 2. The van der Waals surface area contributed by atoms with Crippen LogP contribution >= 0.6 is 0 Å². The molecule has 33 heavy (non-hydrogen) atoms. The Labute approximate surface area is 190 Å². The van der Waals surface area contributed by atoms with Gasteiger partial charge < -0.3 is 24.1 Å². The van der Waals surface area contributed by atoms with Gasteiger partial charge in [-0.1, -0.05) is 25.1 Å². The van der Waals surface area contributed by atoms with Crippen LogP contribution in [0.1, 0.15) is 25.1 Å². The lowest BCUT2D eigenvalue weighted by Crippen LogP contribution is -2.55. The number of nitrogens with one attached hydrogen (secondary N) is 1. The number of ketones is 1. The number of hydrogen-bond acceptors (Lipinski definition) is 6. The zero-order valence-electron chi connectivity index (χ0n) is 18.3. The van der Waals surface area contributed by atoms with E-state index in [1.54, 1.807) is 54.7 Å². The summed E-state index contributed by atoms with van der Waals surface area (Å²) in [5, 5.41) is 2.92. The smallest absolute Gasteiger partial charge is 0.231 e. The monoisotopic (exact) mass is 448 g/mol. The molecule has 2 aromatic rings. The number of hydrogen-bond donors (Lipinski definition) is 1. The van der Waals surface area contributed by atoms with Crippen LogP contribution in [0.3, 0.4) is 0 Å². The summed E-state index contributed by atoms with van der Waals surface area (Å²) in [7, 11) is 1.56. The first kappa shape index (κ1) is 20.2. The third-order valence-electron chi connectivity index (χ3n) is 7.59. The molecular formula is C25H24N2O6. The Morgan fingerprint density at radius 2 is 2.09 bits per heavy atom. The van der Waals surface area contributed by atoms with Crippen molar-refractivity contribution in [3.63, 3.8) is 0 Å². The highest BCUT2D eigenvalue weighted by Gasteiger charge is 2.74. The first-order valence-corrected chi connectivity index (χ1v) is 11.1. The summed E-state index contributed by atoms with van der Waals surface area (Å²) < 4.78 is 17.2. The summed E-state index contributed by atoms with van der Waals surface area (Å²) in [6.07, 6.45) is 4.97. The Kier molecular flexibility index (Phi) is 4.32. The molecule has 1 aromatic heterocycles. The number of furan rings is 1. The van der Waals surface area contributed by atoms with E-state index < -0.39 is 41.5 Å². The molecule has 7 atom stereocenters. The highest BCUT2D eigenvalue weighted by atomic mass is 16.5. The number of nitrogens with zero attached hydrogens (tertiary/aromatic N) is 1. The molecule has 170 valence electrons. The van der Waals surface area contributed by atoms with Gasteiger partial charge in [0.25, 0.3) is 0 Å². The predicted octanol–water partition coefficient (Wildman–Crippen LogP) is 2.73. The van der Waals surface area contributed by atoms with E-state index in [0.29, 0.717) is 17.2 Å². The van der Waals surface area contributed by atoms with Crippen LogP contribution in [-0.4, -0.2) is 47.4 Å². The van der Waals surface area contributed by atoms with Gasteiger partial charge in [-0.05, 0) is 24.3 Å². The summed E-state index contributed by atoms with van der Waals surface area (Å²) in [5.41, 5.74) is -0.418. The van der Waals surface area contributed by atoms with Gasteiger partial charge in [-0.15, -0.1) is 0 Å². The number of ether oxygens (including phenoxy) is 2. The van der Waals surface area contributed by atoms with Crippen molar-refractivity contribution < 1.29 is 28.3 Å². The van der Waals surface area contributed by atoms with Crippen LogP contribution < -0.4 is 10.1 Å². The maximum atomic E-state index is 13.9. The van der Waals surface area contributed by atoms with Crippen molar-refractivity contribution in [2.24, 2.45) is 17.8 Å². The second-order valence-electron chi connectivity index (χ2n) is 9.20. The molecule has 6 rings (SSSR count). The lowest BCUT2D eigenvalue weighted by atomic mass is 9.70. The first-order valence-electron chi connectivity index (χ1n) is 11.1. The highest BCUT2D eigenvalue weighted by molar-refractivity contribution is 6.00. The number of Topliss-reactive ketones (excluding diaryl/α,β-unsaturated/α-hetero) is 1. The molecule has 2 amide bonds. The van der Waals surface area contributed by atoms with Crippen molar-refractivity contribution in [2.75, 3.05) is 12.4 Å². The molecule has 1 aromatic carbocycles. The number of amides is 2. The molecule has 4 aliphatic heterocycles. The predicted molar refractivity (Wildman–Crippen MR) is 116 cm³/mol. The largest absolute Gasteiger partial charge is 0.497 e. The maximum absolute atomic E-state index is 13.9. The summed E-state index contributed by atoms with van der Waals surface area (Å²) in [6.45, 7) is 1.84. The fourth-order valence-corrected chi connectivity index (χ4v) is 6.19. The fourth-order valence-electron chi connectivity index (χ4n) is 6.19. The maximum Gasteiger partial charge on any atom is 0.231 e. The van der Waals surface area contributed by atoms with Crippen LogP contribution in [-0.2, 0) is 19.1 Å². The van der Waals surface area contributed by atoms with Crippen molar-refractivity contribution in [3.8, 4) is 5.75 Å². The van der Waals surface area contributed by atoms with Crippen LogP contribution in [0.2, 0.25) is 0 Å². The van der Waals surface area contributed by atoms with Crippen LogP contribution in [0, 0.1) is 17.8 Å². The third kappa shape index (κ3) is 2.70. The molecule has 8 nitrogen and oxygen atoms in total. The molecule has 1 spiro atoms. The fraction of sp³-hybridized carbons (Fsp3) is 0.400. The van der Waals surface area contributed by atoms with E-state index in [1.807, 2.05) is 19.1 Å². The Morgan fingerprint density at radius 3 is 2.85 bits per heavy atom. The topological polar surface area (TPSA) is 98.1 Å². The second kappa shape index (κ2) is 7.05. The number of carbonyl (C=O) groups excluding carboxylic acids is 3. The average molecular weight is 448 g/mol. The molecule has 4 aliphatic rings. The van der Waals surface area contributed by atoms with Gasteiger partial charge in [-0.2, -0.15) is 0 Å². The van der Waals surface area contributed by atoms with Gasteiger partial charge in [0, 0.05) is 24.1 Å². The summed E-state index contributed by atoms with van der Waals surface area (Å²) in [5.74, 6) is -1.01. The normalized spacial score (nSPS) is 36.1. The lowest BCUT2D eigenvalue weighted by Gasteiger charge is -2.43. The van der Waals surface area contributed by atoms with Crippen molar-refractivity contribution in [1.29, 1.82) is 0 Å². The van der Waals surface area contributed by atoms with E-state index in [9.17, 15) is 14.4 Å². The van der Waals surface area contributed by atoms with Gasteiger partial charge in [0.15, 0.2) is 0 Å². The van der Waals surface area contributed by atoms with Crippen LogP contribution in [0.5, 0.6) is 5.75 Å². The molecule has 0 radical (unpaired) electrons. The number of rotatable bonds is 4. The minimum absolute atomic E-state index is 0.0604. The summed E-state index contributed by atoms with van der Waals surface area (Å²) >= 11 is 0. The molecular weight excluding hydrogens is 424 g/mol. The van der Waals surface area contributed by atoms with E-state index in [1.165, 1.54) is 0 Å². The molecule has 3 saturated heterocycles. The molecule has 8 heteroatoms. The van der Waals surface area contributed by atoms with E-state index >= 15 is 0 Å². The van der Waals surface area contributed by atoms with Crippen LogP contribution in [0.4, 0.5) is 5.69 Å².